The molecule has 1 unspecified atom stereocenters. The zero-order valence-electron chi connectivity index (χ0n) is 11.0. The lowest BCUT2D eigenvalue weighted by molar-refractivity contribution is -0.169. The highest BCUT2D eigenvalue weighted by Gasteiger charge is 2.15. The summed E-state index contributed by atoms with van der Waals surface area (Å²) in [5, 5.41) is 0. The minimum Gasteiger partial charge on any atom is -0.497 e. The number of rotatable bonds is 5. The topological polar surface area (TPSA) is 36.9 Å². The molecular weight excluding hydrogens is 232 g/mol. The van der Waals surface area contributed by atoms with Crippen molar-refractivity contribution in [3.05, 3.63) is 23.8 Å². The average molecular weight is 252 g/mol. The van der Waals surface area contributed by atoms with Crippen LogP contribution in [0.5, 0.6) is 11.5 Å². The van der Waals surface area contributed by atoms with Gasteiger partial charge in [-0.15, -0.1) is 0 Å². The van der Waals surface area contributed by atoms with Gasteiger partial charge in [0.2, 0.25) is 0 Å². The second-order valence-electron chi connectivity index (χ2n) is 4.28. The van der Waals surface area contributed by atoms with Crippen molar-refractivity contribution in [1.82, 2.24) is 0 Å². The first-order chi connectivity index (χ1) is 8.83. The predicted octanol–water partition coefficient (Wildman–Crippen LogP) is 2.75. The number of hydrogen-bond acceptors (Lipinski definition) is 4. The van der Waals surface area contributed by atoms with E-state index in [4.69, 9.17) is 18.9 Å². The average Bonchev–Trinajstić information content (AvgIpc) is 2.45. The first-order valence-electron chi connectivity index (χ1n) is 6.27. The van der Waals surface area contributed by atoms with Gasteiger partial charge >= 0.3 is 0 Å². The molecule has 1 aliphatic heterocycles. The van der Waals surface area contributed by atoms with E-state index in [1.54, 1.807) is 14.2 Å². The maximum absolute atomic E-state index is 5.75. The largest absolute Gasteiger partial charge is 0.497 e. The fourth-order valence-electron chi connectivity index (χ4n) is 2.02. The van der Waals surface area contributed by atoms with Gasteiger partial charge in [0.15, 0.2) is 6.29 Å². The number of methoxy groups -OCH3 is 2. The molecule has 1 aromatic carbocycles. The summed E-state index contributed by atoms with van der Waals surface area (Å²) in [5.74, 6) is 1.62. The number of benzene rings is 1. The summed E-state index contributed by atoms with van der Waals surface area (Å²) in [6, 6.07) is 5.69. The predicted molar refractivity (Wildman–Crippen MR) is 67.9 cm³/mol. The molecule has 1 fully saturated rings. The van der Waals surface area contributed by atoms with Crippen LogP contribution in [-0.4, -0.2) is 27.1 Å². The Balaban J connectivity index is 1.97. The standard InChI is InChI=1S/C14H20O4/c1-15-12-6-7-13(16-2)11(9-12)10-18-14-5-3-4-8-17-14/h6-7,9,14H,3-5,8,10H2,1-2H3. The third-order valence-corrected chi connectivity index (χ3v) is 3.05. The molecule has 1 heterocycles. The third-order valence-electron chi connectivity index (χ3n) is 3.05. The van der Waals surface area contributed by atoms with E-state index >= 15 is 0 Å². The molecule has 4 heteroatoms. The van der Waals surface area contributed by atoms with Gasteiger partial charge in [-0.1, -0.05) is 0 Å². The highest BCUT2D eigenvalue weighted by molar-refractivity contribution is 5.39. The maximum atomic E-state index is 5.75. The van der Waals surface area contributed by atoms with Gasteiger partial charge in [0.25, 0.3) is 0 Å². The first kappa shape index (κ1) is 13.2. The van der Waals surface area contributed by atoms with Crippen molar-refractivity contribution in [2.75, 3.05) is 20.8 Å². The van der Waals surface area contributed by atoms with E-state index in [9.17, 15) is 0 Å². The Morgan fingerprint density at radius 2 is 2.11 bits per heavy atom. The summed E-state index contributed by atoms with van der Waals surface area (Å²) in [5.41, 5.74) is 0.978. The van der Waals surface area contributed by atoms with Crippen molar-refractivity contribution in [1.29, 1.82) is 0 Å². The van der Waals surface area contributed by atoms with Gasteiger partial charge in [0.05, 0.1) is 20.8 Å². The second kappa shape index (κ2) is 6.61. The van der Waals surface area contributed by atoms with Crippen molar-refractivity contribution in [2.45, 2.75) is 32.2 Å². The van der Waals surface area contributed by atoms with Gasteiger partial charge in [0, 0.05) is 12.2 Å². The zero-order chi connectivity index (χ0) is 12.8. The molecule has 0 amide bonds. The van der Waals surface area contributed by atoms with Crippen molar-refractivity contribution in [3.8, 4) is 11.5 Å². The van der Waals surface area contributed by atoms with Gasteiger partial charge in [-0.2, -0.15) is 0 Å². The summed E-state index contributed by atoms with van der Waals surface area (Å²) in [4.78, 5) is 0. The minimum atomic E-state index is -0.0883. The van der Waals surface area contributed by atoms with E-state index < -0.39 is 0 Å². The molecule has 0 radical (unpaired) electrons. The van der Waals surface area contributed by atoms with Gasteiger partial charge < -0.3 is 18.9 Å². The molecule has 0 aromatic heterocycles. The van der Waals surface area contributed by atoms with E-state index in [0.717, 1.165) is 36.5 Å². The van der Waals surface area contributed by atoms with Crippen LogP contribution in [0.3, 0.4) is 0 Å². The lowest BCUT2D eigenvalue weighted by atomic mass is 10.2. The summed E-state index contributed by atoms with van der Waals surface area (Å²) in [6.07, 6.45) is 3.17. The van der Waals surface area contributed by atoms with Crippen molar-refractivity contribution in [3.63, 3.8) is 0 Å². The molecule has 0 N–H and O–H groups in total. The molecule has 0 saturated carbocycles. The van der Waals surface area contributed by atoms with Crippen molar-refractivity contribution in [2.24, 2.45) is 0 Å². The summed E-state index contributed by atoms with van der Waals surface area (Å²) < 4.78 is 21.8. The Kier molecular flexibility index (Phi) is 4.84. The van der Waals surface area contributed by atoms with Crippen LogP contribution in [0.4, 0.5) is 0 Å². The van der Waals surface area contributed by atoms with Crippen LogP contribution < -0.4 is 9.47 Å². The van der Waals surface area contributed by atoms with Crippen LogP contribution in [0, 0.1) is 0 Å². The molecule has 0 spiro atoms. The van der Waals surface area contributed by atoms with Crippen molar-refractivity contribution >= 4 is 0 Å². The Labute approximate surface area is 108 Å². The molecule has 100 valence electrons. The quantitative estimate of drug-likeness (QED) is 0.807. The minimum absolute atomic E-state index is 0.0883. The zero-order valence-corrected chi connectivity index (χ0v) is 11.0. The van der Waals surface area contributed by atoms with Crippen LogP contribution in [-0.2, 0) is 16.1 Å². The lowest BCUT2D eigenvalue weighted by Gasteiger charge is -2.23. The molecule has 18 heavy (non-hydrogen) atoms. The lowest BCUT2D eigenvalue weighted by Crippen LogP contribution is -2.22. The molecule has 2 rings (SSSR count). The third kappa shape index (κ3) is 3.37. The molecule has 1 saturated heterocycles. The van der Waals surface area contributed by atoms with E-state index in [2.05, 4.69) is 0 Å². The normalized spacial score (nSPS) is 19.6. The maximum Gasteiger partial charge on any atom is 0.158 e. The summed E-state index contributed by atoms with van der Waals surface area (Å²) in [7, 11) is 3.30. The van der Waals surface area contributed by atoms with E-state index in [1.807, 2.05) is 18.2 Å². The smallest absolute Gasteiger partial charge is 0.158 e. The summed E-state index contributed by atoms with van der Waals surface area (Å²) in [6.45, 7) is 1.27. The van der Waals surface area contributed by atoms with Gasteiger partial charge in [0.1, 0.15) is 11.5 Å². The first-order valence-corrected chi connectivity index (χ1v) is 6.27. The van der Waals surface area contributed by atoms with Gasteiger partial charge in [-0.3, -0.25) is 0 Å². The van der Waals surface area contributed by atoms with Crippen LogP contribution >= 0.6 is 0 Å². The molecule has 1 aliphatic rings. The Hall–Kier alpha value is -1.26. The molecular formula is C14H20O4. The monoisotopic (exact) mass is 252 g/mol. The van der Waals surface area contributed by atoms with Gasteiger partial charge in [-0.25, -0.2) is 0 Å². The number of hydrogen-bond donors (Lipinski definition) is 0. The number of ether oxygens (including phenoxy) is 4. The second-order valence-corrected chi connectivity index (χ2v) is 4.28. The van der Waals surface area contributed by atoms with E-state index in [1.165, 1.54) is 6.42 Å². The van der Waals surface area contributed by atoms with Crippen LogP contribution in [0.1, 0.15) is 24.8 Å². The fourth-order valence-corrected chi connectivity index (χ4v) is 2.02. The van der Waals surface area contributed by atoms with Gasteiger partial charge in [-0.05, 0) is 37.5 Å². The molecule has 1 aromatic rings. The van der Waals surface area contributed by atoms with Crippen LogP contribution in [0.25, 0.3) is 0 Å². The Morgan fingerprint density at radius 1 is 1.22 bits per heavy atom. The molecule has 0 aliphatic carbocycles. The SMILES string of the molecule is COc1ccc(OC)c(COC2CCCCO2)c1. The highest BCUT2D eigenvalue weighted by Crippen LogP contribution is 2.26. The Bertz CT molecular complexity index is 372. The summed E-state index contributed by atoms with van der Waals surface area (Å²) >= 11 is 0. The van der Waals surface area contributed by atoms with Crippen molar-refractivity contribution < 1.29 is 18.9 Å². The molecule has 0 bridgehead atoms. The van der Waals surface area contributed by atoms with E-state index in [0.29, 0.717) is 6.61 Å². The molecule has 4 nitrogen and oxygen atoms in total. The highest BCUT2D eigenvalue weighted by atomic mass is 16.7. The molecule has 1 atom stereocenters. The van der Waals surface area contributed by atoms with E-state index in [-0.39, 0.29) is 6.29 Å². The fraction of sp³-hybridized carbons (Fsp3) is 0.571. The van der Waals surface area contributed by atoms with Crippen LogP contribution in [0.15, 0.2) is 18.2 Å². The Morgan fingerprint density at radius 3 is 2.78 bits per heavy atom. The van der Waals surface area contributed by atoms with Crippen LogP contribution in [0.2, 0.25) is 0 Å².